The highest BCUT2D eigenvalue weighted by Crippen LogP contribution is 2.22. The maximum atomic E-state index is 10.8. The molecule has 0 atom stereocenters. The molecule has 1 aromatic carbocycles. The molecule has 0 fully saturated rings. The highest BCUT2D eigenvalue weighted by molar-refractivity contribution is 5.92. The van der Waals surface area contributed by atoms with Gasteiger partial charge in [-0.1, -0.05) is 0 Å². The first-order chi connectivity index (χ1) is 8.74. The second kappa shape index (κ2) is 3.92. The van der Waals surface area contributed by atoms with E-state index >= 15 is 0 Å². The Morgan fingerprint density at radius 1 is 1.28 bits per heavy atom. The molecular weight excluding hydrogens is 234 g/mol. The van der Waals surface area contributed by atoms with Crippen molar-refractivity contribution in [2.75, 3.05) is 0 Å². The second-order valence-corrected chi connectivity index (χ2v) is 3.60. The van der Waals surface area contributed by atoms with Crippen LogP contribution in [0.15, 0.2) is 41.2 Å². The molecule has 0 radical (unpaired) electrons. The van der Waals surface area contributed by atoms with E-state index in [0.717, 1.165) is 0 Å². The SMILES string of the molecule is O=C(O)c1ccc2oc(-c3cnccn3)nc2c1. The van der Waals surface area contributed by atoms with Crippen molar-refractivity contribution < 1.29 is 14.3 Å². The van der Waals surface area contributed by atoms with Gasteiger partial charge in [0, 0.05) is 12.4 Å². The van der Waals surface area contributed by atoms with Crippen LogP contribution in [0.4, 0.5) is 0 Å². The molecule has 3 rings (SSSR count). The number of nitrogens with zero attached hydrogens (tertiary/aromatic N) is 3. The largest absolute Gasteiger partial charge is 0.478 e. The lowest BCUT2D eigenvalue weighted by molar-refractivity contribution is 0.0697. The molecule has 0 saturated carbocycles. The Morgan fingerprint density at radius 2 is 2.17 bits per heavy atom. The molecule has 0 aliphatic heterocycles. The Bertz CT molecular complexity index is 722. The molecule has 0 unspecified atom stereocenters. The zero-order valence-electron chi connectivity index (χ0n) is 9.07. The zero-order valence-corrected chi connectivity index (χ0v) is 9.07. The molecule has 88 valence electrons. The number of rotatable bonds is 2. The lowest BCUT2D eigenvalue weighted by atomic mass is 10.2. The molecule has 6 nitrogen and oxygen atoms in total. The number of hydrogen-bond donors (Lipinski definition) is 1. The third kappa shape index (κ3) is 1.69. The van der Waals surface area contributed by atoms with Crippen LogP contribution in [0.5, 0.6) is 0 Å². The third-order valence-corrected chi connectivity index (χ3v) is 2.42. The molecular formula is C12H7N3O3. The summed E-state index contributed by atoms with van der Waals surface area (Å²) >= 11 is 0. The summed E-state index contributed by atoms with van der Waals surface area (Å²) in [5.41, 5.74) is 1.67. The topological polar surface area (TPSA) is 89.1 Å². The molecule has 0 aliphatic carbocycles. The van der Waals surface area contributed by atoms with Crippen molar-refractivity contribution in [3.05, 3.63) is 42.4 Å². The van der Waals surface area contributed by atoms with Gasteiger partial charge in [0.05, 0.1) is 11.8 Å². The van der Waals surface area contributed by atoms with E-state index < -0.39 is 5.97 Å². The molecule has 0 saturated heterocycles. The monoisotopic (exact) mass is 241 g/mol. The van der Waals surface area contributed by atoms with Gasteiger partial charge in [-0.25, -0.2) is 14.8 Å². The number of carbonyl (C=O) groups is 1. The predicted octanol–water partition coefficient (Wildman–Crippen LogP) is 1.98. The summed E-state index contributed by atoms with van der Waals surface area (Å²) in [5, 5.41) is 8.89. The second-order valence-electron chi connectivity index (χ2n) is 3.60. The van der Waals surface area contributed by atoms with Crippen LogP contribution in [-0.2, 0) is 0 Å². The van der Waals surface area contributed by atoms with E-state index in [2.05, 4.69) is 15.0 Å². The summed E-state index contributed by atoms with van der Waals surface area (Å²) < 4.78 is 5.48. The summed E-state index contributed by atoms with van der Waals surface area (Å²) in [6.07, 6.45) is 4.62. The van der Waals surface area contributed by atoms with E-state index in [9.17, 15) is 4.79 Å². The van der Waals surface area contributed by atoms with E-state index in [1.807, 2.05) is 0 Å². The van der Waals surface area contributed by atoms with Crippen LogP contribution in [0.3, 0.4) is 0 Å². The summed E-state index contributed by atoms with van der Waals surface area (Å²) in [4.78, 5) is 23.0. The van der Waals surface area contributed by atoms with Gasteiger partial charge in [-0.05, 0) is 18.2 Å². The maximum Gasteiger partial charge on any atom is 0.335 e. The van der Waals surface area contributed by atoms with Crippen LogP contribution in [0, 0.1) is 0 Å². The van der Waals surface area contributed by atoms with Crippen LogP contribution in [-0.4, -0.2) is 26.0 Å². The first kappa shape index (κ1) is 10.4. The van der Waals surface area contributed by atoms with Gasteiger partial charge >= 0.3 is 5.97 Å². The van der Waals surface area contributed by atoms with E-state index in [4.69, 9.17) is 9.52 Å². The number of carboxylic acid groups (broad SMARTS) is 1. The Hall–Kier alpha value is -2.76. The predicted molar refractivity (Wildman–Crippen MR) is 62.0 cm³/mol. The molecule has 18 heavy (non-hydrogen) atoms. The van der Waals surface area contributed by atoms with Gasteiger partial charge in [-0.3, -0.25) is 4.98 Å². The number of benzene rings is 1. The molecule has 0 aliphatic rings. The Labute approximate surface area is 101 Å². The maximum absolute atomic E-state index is 10.8. The van der Waals surface area contributed by atoms with Crippen LogP contribution < -0.4 is 0 Å². The van der Waals surface area contributed by atoms with Gasteiger partial charge in [-0.2, -0.15) is 0 Å². The Morgan fingerprint density at radius 3 is 2.89 bits per heavy atom. The number of carboxylic acids is 1. The van der Waals surface area contributed by atoms with Crippen molar-refractivity contribution in [1.82, 2.24) is 15.0 Å². The molecule has 2 aromatic heterocycles. The number of hydrogen-bond acceptors (Lipinski definition) is 5. The molecule has 1 N–H and O–H groups in total. The van der Waals surface area contributed by atoms with Crippen LogP contribution in [0.2, 0.25) is 0 Å². The van der Waals surface area contributed by atoms with Crippen molar-refractivity contribution in [2.24, 2.45) is 0 Å². The fourth-order valence-corrected chi connectivity index (χ4v) is 1.58. The highest BCUT2D eigenvalue weighted by atomic mass is 16.4. The highest BCUT2D eigenvalue weighted by Gasteiger charge is 2.11. The van der Waals surface area contributed by atoms with Crippen molar-refractivity contribution in [2.45, 2.75) is 0 Å². The summed E-state index contributed by atoms with van der Waals surface area (Å²) in [6, 6.07) is 4.50. The standard InChI is InChI=1S/C12H7N3O3/c16-12(17)7-1-2-10-8(5-7)15-11(18-10)9-6-13-3-4-14-9/h1-6H,(H,16,17). The molecule has 0 bridgehead atoms. The minimum absolute atomic E-state index is 0.168. The summed E-state index contributed by atoms with van der Waals surface area (Å²) in [5.74, 6) is -0.679. The van der Waals surface area contributed by atoms with E-state index in [0.29, 0.717) is 22.7 Å². The fourth-order valence-electron chi connectivity index (χ4n) is 1.58. The number of aromatic nitrogens is 3. The molecule has 2 heterocycles. The van der Waals surface area contributed by atoms with Gasteiger partial charge in [0.1, 0.15) is 11.2 Å². The molecule has 3 aromatic rings. The lowest BCUT2D eigenvalue weighted by Gasteiger charge is -1.91. The third-order valence-electron chi connectivity index (χ3n) is 2.42. The lowest BCUT2D eigenvalue weighted by Crippen LogP contribution is -1.94. The summed E-state index contributed by atoms with van der Waals surface area (Å²) in [6.45, 7) is 0. The van der Waals surface area contributed by atoms with Gasteiger partial charge in [0.25, 0.3) is 0 Å². The van der Waals surface area contributed by atoms with Crippen LogP contribution >= 0.6 is 0 Å². The minimum atomic E-state index is -0.999. The first-order valence-electron chi connectivity index (χ1n) is 5.14. The van der Waals surface area contributed by atoms with E-state index in [1.54, 1.807) is 12.3 Å². The number of oxazole rings is 1. The van der Waals surface area contributed by atoms with Gasteiger partial charge in [0.2, 0.25) is 5.89 Å². The Balaban J connectivity index is 2.14. The normalized spacial score (nSPS) is 10.7. The van der Waals surface area contributed by atoms with Crippen LogP contribution in [0.25, 0.3) is 22.7 Å². The van der Waals surface area contributed by atoms with Crippen LogP contribution in [0.1, 0.15) is 10.4 Å². The molecule has 0 amide bonds. The van der Waals surface area contributed by atoms with Gasteiger partial charge in [-0.15, -0.1) is 0 Å². The first-order valence-corrected chi connectivity index (χ1v) is 5.14. The fraction of sp³-hybridized carbons (Fsp3) is 0. The van der Waals surface area contributed by atoms with E-state index in [1.165, 1.54) is 24.5 Å². The average molecular weight is 241 g/mol. The minimum Gasteiger partial charge on any atom is -0.478 e. The summed E-state index contributed by atoms with van der Waals surface area (Å²) in [7, 11) is 0. The molecule has 0 spiro atoms. The van der Waals surface area contributed by atoms with E-state index in [-0.39, 0.29) is 5.56 Å². The number of aromatic carboxylic acids is 1. The van der Waals surface area contributed by atoms with Crippen molar-refractivity contribution >= 4 is 17.1 Å². The smallest absolute Gasteiger partial charge is 0.335 e. The Kier molecular flexibility index (Phi) is 2.26. The molecule has 6 heteroatoms. The van der Waals surface area contributed by atoms with Gasteiger partial charge in [0.15, 0.2) is 5.58 Å². The van der Waals surface area contributed by atoms with Gasteiger partial charge < -0.3 is 9.52 Å². The van der Waals surface area contributed by atoms with Crippen molar-refractivity contribution in [3.8, 4) is 11.6 Å². The van der Waals surface area contributed by atoms with Crippen molar-refractivity contribution in [1.29, 1.82) is 0 Å². The zero-order chi connectivity index (χ0) is 12.5. The quantitative estimate of drug-likeness (QED) is 0.737. The average Bonchev–Trinajstić information content (AvgIpc) is 2.82. The number of fused-ring (bicyclic) bond motifs is 1. The van der Waals surface area contributed by atoms with Crippen molar-refractivity contribution in [3.63, 3.8) is 0 Å².